The predicted octanol–water partition coefficient (Wildman–Crippen LogP) is 3.26. The van der Waals surface area contributed by atoms with Gasteiger partial charge in [0, 0.05) is 36.6 Å². The number of nitrogens with one attached hydrogen (secondary N) is 1. The summed E-state index contributed by atoms with van der Waals surface area (Å²) in [4.78, 5) is 24.0. The van der Waals surface area contributed by atoms with Crippen LogP contribution in [0.2, 0.25) is 0 Å². The Hall–Kier alpha value is -1.95. The number of hydrogen-bond acceptors (Lipinski definition) is 4. The zero-order valence-electron chi connectivity index (χ0n) is 14.1. The van der Waals surface area contributed by atoms with Crippen molar-refractivity contribution in [3.05, 3.63) is 46.2 Å². The molecule has 1 N–H and O–H groups in total. The fourth-order valence-electron chi connectivity index (χ4n) is 3.05. The summed E-state index contributed by atoms with van der Waals surface area (Å²) in [6.07, 6.45) is 9.81. The first-order chi connectivity index (χ1) is 11.7. The highest BCUT2D eigenvalue weighted by molar-refractivity contribution is 7.11. The molecule has 0 unspecified atom stereocenters. The summed E-state index contributed by atoms with van der Waals surface area (Å²) >= 11 is 1.67. The molecule has 0 aliphatic carbocycles. The summed E-state index contributed by atoms with van der Waals surface area (Å²) < 4.78 is 0. The van der Waals surface area contributed by atoms with Crippen molar-refractivity contribution in [2.75, 3.05) is 13.1 Å². The standard InChI is InChI=1S/C18H24N4OS/c1-2-16-12-20-17(24-16)13-21-18(23)22-8-5-14(6-9-22)10-15-4-3-7-19-11-15/h3-4,7,11-12,14H,2,5-6,8-10,13H2,1H3,(H,21,23). The van der Waals surface area contributed by atoms with E-state index in [-0.39, 0.29) is 6.03 Å². The maximum absolute atomic E-state index is 12.3. The van der Waals surface area contributed by atoms with Crippen molar-refractivity contribution in [1.29, 1.82) is 0 Å². The Bertz CT molecular complexity index is 650. The average molecular weight is 344 g/mol. The quantitative estimate of drug-likeness (QED) is 0.906. The van der Waals surface area contributed by atoms with E-state index in [0.717, 1.165) is 43.8 Å². The van der Waals surface area contributed by atoms with Crippen molar-refractivity contribution in [3.8, 4) is 0 Å². The number of rotatable bonds is 5. The number of aryl methyl sites for hydroxylation is 1. The third-order valence-corrected chi connectivity index (χ3v) is 5.63. The first-order valence-corrected chi connectivity index (χ1v) is 9.41. The molecule has 1 aliphatic heterocycles. The highest BCUT2D eigenvalue weighted by Crippen LogP contribution is 2.21. The lowest BCUT2D eigenvalue weighted by Crippen LogP contribution is -2.44. The lowest BCUT2D eigenvalue weighted by Gasteiger charge is -2.32. The molecule has 1 aliphatic rings. The molecule has 0 radical (unpaired) electrons. The predicted molar refractivity (Wildman–Crippen MR) is 96.0 cm³/mol. The van der Waals surface area contributed by atoms with E-state index in [1.165, 1.54) is 10.4 Å². The number of aromatic nitrogens is 2. The van der Waals surface area contributed by atoms with E-state index in [2.05, 4.69) is 28.3 Å². The minimum absolute atomic E-state index is 0.0306. The fraction of sp³-hybridized carbons (Fsp3) is 0.500. The smallest absolute Gasteiger partial charge is 0.317 e. The van der Waals surface area contributed by atoms with Gasteiger partial charge in [-0.1, -0.05) is 13.0 Å². The van der Waals surface area contributed by atoms with Crippen LogP contribution in [0.25, 0.3) is 0 Å². The summed E-state index contributed by atoms with van der Waals surface area (Å²) in [5.74, 6) is 0.643. The van der Waals surface area contributed by atoms with Crippen molar-refractivity contribution in [2.45, 2.75) is 39.2 Å². The molecule has 0 aromatic carbocycles. The van der Waals surface area contributed by atoms with E-state index >= 15 is 0 Å². The minimum atomic E-state index is 0.0306. The molecule has 2 aromatic heterocycles. The van der Waals surface area contributed by atoms with Gasteiger partial charge in [0.25, 0.3) is 0 Å². The van der Waals surface area contributed by atoms with Crippen molar-refractivity contribution in [2.24, 2.45) is 5.92 Å². The second kappa shape index (κ2) is 8.24. The van der Waals surface area contributed by atoms with E-state index < -0.39 is 0 Å². The Kier molecular flexibility index (Phi) is 5.80. The number of carbonyl (C=O) groups is 1. The number of thiazole rings is 1. The lowest BCUT2D eigenvalue weighted by molar-refractivity contribution is 0.170. The van der Waals surface area contributed by atoms with Crippen LogP contribution in [0.1, 0.15) is 35.2 Å². The van der Waals surface area contributed by atoms with Crippen LogP contribution in [0.3, 0.4) is 0 Å². The van der Waals surface area contributed by atoms with Crippen molar-refractivity contribution in [1.82, 2.24) is 20.2 Å². The first-order valence-electron chi connectivity index (χ1n) is 8.60. The molecule has 2 amide bonds. The molecule has 0 bridgehead atoms. The molecule has 5 nitrogen and oxygen atoms in total. The summed E-state index contributed by atoms with van der Waals surface area (Å²) in [6, 6.07) is 4.15. The van der Waals surface area contributed by atoms with Crippen LogP contribution in [0, 0.1) is 5.92 Å². The van der Waals surface area contributed by atoms with Crippen molar-refractivity contribution < 1.29 is 4.79 Å². The van der Waals surface area contributed by atoms with Crippen LogP contribution < -0.4 is 5.32 Å². The van der Waals surface area contributed by atoms with Gasteiger partial charge in [0.15, 0.2) is 0 Å². The number of piperidine rings is 1. The van der Waals surface area contributed by atoms with Gasteiger partial charge in [0.05, 0.1) is 6.54 Å². The second-order valence-corrected chi connectivity index (χ2v) is 7.43. The van der Waals surface area contributed by atoms with Gasteiger partial charge in [-0.25, -0.2) is 9.78 Å². The van der Waals surface area contributed by atoms with E-state index in [4.69, 9.17) is 0 Å². The van der Waals surface area contributed by atoms with Crippen molar-refractivity contribution >= 4 is 17.4 Å². The summed E-state index contributed by atoms with van der Waals surface area (Å²) in [6.45, 7) is 4.30. The van der Waals surface area contributed by atoms with Gasteiger partial charge in [0.1, 0.15) is 5.01 Å². The number of amides is 2. The summed E-state index contributed by atoms with van der Waals surface area (Å²) in [5, 5.41) is 3.97. The molecule has 0 spiro atoms. The normalized spacial score (nSPS) is 15.5. The molecular formula is C18H24N4OS. The van der Waals surface area contributed by atoms with Crippen molar-refractivity contribution in [3.63, 3.8) is 0 Å². The van der Waals surface area contributed by atoms with E-state index in [1.54, 1.807) is 11.3 Å². The fourth-order valence-corrected chi connectivity index (χ4v) is 3.85. The highest BCUT2D eigenvalue weighted by Gasteiger charge is 2.23. The SMILES string of the molecule is CCc1cnc(CNC(=O)N2CCC(Cc3cccnc3)CC2)s1. The number of likely N-dealkylation sites (tertiary alicyclic amines) is 1. The molecule has 1 saturated heterocycles. The largest absolute Gasteiger partial charge is 0.331 e. The summed E-state index contributed by atoms with van der Waals surface area (Å²) in [7, 11) is 0. The van der Waals surface area contributed by atoms with E-state index in [0.29, 0.717) is 12.5 Å². The molecule has 24 heavy (non-hydrogen) atoms. The van der Waals surface area contributed by atoms with Crippen LogP contribution >= 0.6 is 11.3 Å². The zero-order chi connectivity index (χ0) is 16.8. The number of hydrogen-bond donors (Lipinski definition) is 1. The molecule has 3 heterocycles. The summed E-state index contributed by atoms with van der Waals surface area (Å²) in [5.41, 5.74) is 1.29. The van der Waals surface area contributed by atoms with Gasteiger partial charge in [-0.3, -0.25) is 4.98 Å². The second-order valence-electron chi connectivity index (χ2n) is 6.23. The first kappa shape index (κ1) is 16.9. The number of carbonyl (C=O) groups excluding carboxylic acids is 1. The van der Waals surface area contributed by atoms with Gasteiger partial charge in [0.2, 0.25) is 0 Å². The van der Waals surface area contributed by atoms with Gasteiger partial charge < -0.3 is 10.2 Å². The van der Waals surface area contributed by atoms with E-state index in [1.807, 2.05) is 29.6 Å². The van der Waals surface area contributed by atoms with Crippen LogP contribution in [0.4, 0.5) is 4.79 Å². The van der Waals surface area contributed by atoms with Gasteiger partial charge in [-0.05, 0) is 43.2 Å². The topological polar surface area (TPSA) is 58.1 Å². The van der Waals surface area contributed by atoms with Crippen LogP contribution in [0.5, 0.6) is 0 Å². The van der Waals surface area contributed by atoms with Crippen LogP contribution in [-0.4, -0.2) is 34.0 Å². The number of urea groups is 1. The molecule has 128 valence electrons. The maximum atomic E-state index is 12.3. The Morgan fingerprint density at radius 3 is 2.88 bits per heavy atom. The Balaban J connectivity index is 1.41. The molecule has 0 saturated carbocycles. The van der Waals surface area contributed by atoms with Gasteiger partial charge in [-0.15, -0.1) is 11.3 Å². The molecule has 6 heteroatoms. The monoisotopic (exact) mass is 344 g/mol. The van der Waals surface area contributed by atoms with Gasteiger partial charge in [-0.2, -0.15) is 0 Å². The minimum Gasteiger partial charge on any atom is -0.331 e. The molecule has 1 fully saturated rings. The third-order valence-electron chi connectivity index (χ3n) is 4.49. The zero-order valence-corrected chi connectivity index (χ0v) is 14.9. The Morgan fingerprint density at radius 2 is 2.21 bits per heavy atom. The van der Waals surface area contributed by atoms with Crippen LogP contribution in [0.15, 0.2) is 30.7 Å². The maximum Gasteiger partial charge on any atom is 0.317 e. The Labute approximate surface area is 147 Å². The molecule has 3 rings (SSSR count). The highest BCUT2D eigenvalue weighted by atomic mass is 32.1. The molecular weight excluding hydrogens is 320 g/mol. The van der Waals surface area contributed by atoms with E-state index in [9.17, 15) is 4.79 Å². The average Bonchev–Trinajstić information content (AvgIpc) is 3.09. The lowest BCUT2D eigenvalue weighted by atomic mass is 9.91. The third kappa shape index (κ3) is 4.54. The number of nitrogens with zero attached hydrogens (tertiary/aromatic N) is 3. The van der Waals surface area contributed by atoms with Gasteiger partial charge >= 0.3 is 6.03 Å². The number of pyridine rings is 1. The Morgan fingerprint density at radius 1 is 1.38 bits per heavy atom. The van der Waals surface area contributed by atoms with Crippen LogP contribution in [-0.2, 0) is 19.4 Å². The molecule has 0 atom stereocenters. The molecule has 2 aromatic rings.